The van der Waals surface area contributed by atoms with Gasteiger partial charge in [0.05, 0.1) is 28.2 Å². The van der Waals surface area contributed by atoms with Crippen molar-refractivity contribution < 1.29 is 24.3 Å². The Kier molecular flexibility index (Phi) is 10.1. The number of anilines is 3. The molecule has 1 aromatic heterocycles. The first-order valence-corrected chi connectivity index (χ1v) is 17.5. The van der Waals surface area contributed by atoms with Gasteiger partial charge in [0.1, 0.15) is 11.8 Å². The second kappa shape index (κ2) is 15.2. The molecule has 2 saturated heterocycles. The fourth-order valence-electron chi connectivity index (χ4n) is 6.97. The molecule has 0 aliphatic carbocycles. The van der Waals surface area contributed by atoms with E-state index in [1.165, 1.54) is 11.1 Å². The normalized spacial score (nSPS) is 17.7. The zero-order valence-corrected chi connectivity index (χ0v) is 28.7. The van der Waals surface area contributed by atoms with E-state index in [9.17, 15) is 24.3 Å². The van der Waals surface area contributed by atoms with Gasteiger partial charge in [0.2, 0.25) is 11.8 Å². The van der Waals surface area contributed by atoms with Crippen LogP contribution in [-0.2, 0) is 22.6 Å². The third kappa shape index (κ3) is 7.29. The quantitative estimate of drug-likeness (QED) is 0.107. The van der Waals surface area contributed by atoms with Crippen LogP contribution >= 0.6 is 0 Å². The topological polar surface area (TPSA) is 186 Å². The van der Waals surface area contributed by atoms with Crippen LogP contribution in [0.2, 0.25) is 0 Å². The van der Waals surface area contributed by atoms with Crippen molar-refractivity contribution in [1.82, 2.24) is 30.6 Å². The standard InChI is InChI=1S/C38H41N9O5/c39-35-29(22-28(43-44-35)26-4-1-2-7-32(26)48)41-15-14-24-8-10-25(11-9-24)23-40-16-17-45-18-20-46(21-19-45)30-6-3-5-27-34(30)38(52)47(37(27)51)31-12-13-33(49)42-36(31)50/h1-11,22,31,40,48H,12-21,23H2,(H2,39,44)(H,41,43)(H,42,49,50). The second-order valence-corrected chi connectivity index (χ2v) is 13.2. The summed E-state index contributed by atoms with van der Waals surface area (Å²) < 4.78 is 0. The number of benzene rings is 3. The van der Waals surface area contributed by atoms with Gasteiger partial charge in [-0.1, -0.05) is 42.5 Å². The molecular weight excluding hydrogens is 662 g/mol. The summed E-state index contributed by atoms with van der Waals surface area (Å²) in [6, 6.07) is 21.6. The number of nitrogens with one attached hydrogen (secondary N) is 3. The third-order valence-corrected chi connectivity index (χ3v) is 9.85. The minimum Gasteiger partial charge on any atom is -0.507 e. The van der Waals surface area contributed by atoms with Crippen LogP contribution in [0.1, 0.15) is 44.7 Å². The van der Waals surface area contributed by atoms with Gasteiger partial charge in [-0.05, 0) is 54.3 Å². The first-order chi connectivity index (χ1) is 25.3. The molecule has 4 aromatic rings. The number of imide groups is 2. The molecule has 2 fully saturated rings. The minimum atomic E-state index is -0.980. The molecule has 0 spiro atoms. The first-order valence-electron chi connectivity index (χ1n) is 17.5. The van der Waals surface area contributed by atoms with Crippen molar-refractivity contribution >= 4 is 40.8 Å². The molecule has 4 amide bonds. The Labute approximate surface area is 301 Å². The van der Waals surface area contributed by atoms with E-state index in [0.29, 0.717) is 59.2 Å². The van der Waals surface area contributed by atoms with Crippen LogP contribution in [0.3, 0.4) is 0 Å². The van der Waals surface area contributed by atoms with Gasteiger partial charge in [-0.15, -0.1) is 10.2 Å². The number of piperidine rings is 1. The summed E-state index contributed by atoms with van der Waals surface area (Å²) in [7, 11) is 0. The van der Waals surface area contributed by atoms with Gasteiger partial charge in [-0.2, -0.15) is 0 Å². The van der Waals surface area contributed by atoms with Gasteiger partial charge < -0.3 is 26.4 Å². The number of nitrogens with two attached hydrogens (primary N) is 1. The number of rotatable bonds is 12. The fourth-order valence-corrected chi connectivity index (χ4v) is 6.97. The number of aromatic nitrogens is 2. The van der Waals surface area contributed by atoms with E-state index in [0.717, 1.165) is 44.0 Å². The largest absolute Gasteiger partial charge is 0.507 e. The van der Waals surface area contributed by atoms with Crippen LogP contribution in [-0.4, -0.2) is 101 Å². The molecule has 7 rings (SSSR count). The maximum atomic E-state index is 13.5. The molecule has 0 saturated carbocycles. The fraction of sp³-hybridized carbons (Fsp3) is 0.316. The summed E-state index contributed by atoms with van der Waals surface area (Å²) in [5.74, 6) is -1.53. The first kappa shape index (κ1) is 34.6. The van der Waals surface area contributed by atoms with Crippen LogP contribution in [0.4, 0.5) is 17.2 Å². The van der Waals surface area contributed by atoms with Crippen LogP contribution in [0, 0.1) is 0 Å². The molecule has 3 aliphatic rings. The lowest BCUT2D eigenvalue weighted by molar-refractivity contribution is -0.136. The average molecular weight is 704 g/mol. The van der Waals surface area contributed by atoms with E-state index >= 15 is 0 Å². The van der Waals surface area contributed by atoms with Crippen molar-refractivity contribution in [3.8, 4) is 17.0 Å². The van der Waals surface area contributed by atoms with Gasteiger partial charge >= 0.3 is 0 Å². The minimum absolute atomic E-state index is 0.0897. The average Bonchev–Trinajstić information content (AvgIpc) is 3.41. The Hall–Kier alpha value is -5.86. The highest BCUT2D eigenvalue weighted by Crippen LogP contribution is 2.35. The van der Waals surface area contributed by atoms with Gasteiger partial charge in [0.15, 0.2) is 5.82 Å². The van der Waals surface area contributed by atoms with Gasteiger partial charge in [0, 0.05) is 64.3 Å². The highest BCUT2D eigenvalue weighted by atomic mass is 16.3. The van der Waals surface area contributed by atoms with E-state index in [1.54, 1.807) is 36.4 Å². The summed E-state index contributed by atoms with van der Waals surface area (Å²) >= 11 is 0. The van der Waals surface area contributed by atoms with Crippen molar-refractivity contribution in [2.24, 2.45) is 0 Å². The van der Waals surface area contributed by atoms with Gasteiger partial charge in [0.25, 0.3) is 11.8 Å². The summed E-state index contributed by atoms with van der Waals surface area (Å²) in [6.45, 7) is 6.14. The van der Waals surface area contributed by atoms with E-state index in [4.69, 9.17) is 5.73 Å². The predicted molar refractivity (Wildman–Crippen MR) is 196 cm³/mol. The van der Waals surface area contributed by atoms with Crippen molar-refractivity contribution in [2.45, 2.75) is 31.8 Å². The number of para-hydroxylation sites is 1. The molecule has 268 valence electrons. The Morgan fingerprint density at radius 2 is 1.60 bits per heavy atom. The zero-order chi connectivity index (χ0) is 36.2. The van der Waals surface area contributed by atoms with Gasteiger partial charge in [-0.3, -0.25) is 34.3 Å². The molecule has 52 heavy (non-hydrogen) atoms. The van der Waals surface area contributed by atoms with E-state index in [-0.39, 0.29) is 18.6 Å². The van der Waals surface area contributed by atoms with Crippen molar-refractivity contribution in [2.75, 3.05) is 61.8 Å². The van der Waals surface area contributed by atoms with Gasteiger partial charge in [-0.25, -0.2) is 0 Å². The lowest BCUT2D eigenvalue weighted by Crippen LogP contribution is -2.54. The maximum absolute atomic E-state index is 13.5. The number of hydrogen-bond acceptors (Lipinski definition) is 12. The Morgan fingerprint density at radius 3 is 2.37 bits per heavy atom. The summed E-state index contributed by atoms with van der Waals surface area (Å²) in [4.78, 5) is 56.4. The molecule has 1 atom stereocenters. The number of carbonyl (C=O) groups excluding carboxylic acids is 4. The highest BCUT2D eigenvalue weighted by molar-refractivity contribution is 6.25. The van der Waals surface area contributed by atoms with E-state index < -0.39 is 29.7 Å². The van der Waals surface area contributed by atoms with E-state index in [2.05, 4.69) is 60.2 Å². The Balaban J connectivity index is 0.841. The van der Waals surface area contributed by atoms with Crippen molar-refractivity contribution in [3.05, 3.63) is 95.1 Å². The molecule has 1 unspecified atom stereocenters. The number of phenolic OH excluding ortho intramolecular Hbond substituents is 1. The summed E-state index contributed by atoms with van der Waals surface area (Å²) in [5.41, 5.74) is 11.6. The molecule has 0 radical (unpaired) electrons. The molecule has 14 heteroatoms. The smallest absolute Gasteiger partial charge is 0.264 e. The lowest BCUT2D eigenvalue weighted by atomic mass is 10.0. The predicted octanol–water partition coefficient (Wildman–Crippen LogP) is 2.40. The number of aromatic hydroxyl groups is 1. The van der Waals surface area contributed by atoms with Crippen molar-refractivity contribution in [3.63, 3.8) is 0 Å². The van der Waals surface area contributed by atoms with E-state index in [1.807, 2.05) is 12.1 Å². The number of nitrogens with zero attached hydrogens (tertiary/aromatic N) is 5. The SMILES string of the molecule is Nc1nnc(-c2ccccc2O)cc1NCCc1ccc(CNCCN2CCN(c3cccc4c3C(=O)N(C3CCC(=O)NC3=O)C4=O)CC2)cc1. The van der Waals surface area contributed by atoms with Crippen LogP contribution in [0.25, 0.3) is 11.3 Å². The molecule has 4 heterocycles. The maximum Gasteiger partial charge on any atom is 0.264 e. The second-order valence-electron chi connectivity index (χ2n) is 13.2. The lowest BCUT2D eigenvalue weighted by Gasteiger charge is -2.36. The number of hydrogen-bond donors (Lipinski definition) is 5. The molecular formula is C38H41N9O5. The summed E-state index contributed by atoms with van der Waals surface area (Å²) in [5, 5.41) is 27.5. The number of carbonyl (C=O) groups is 4. The number of piperazine rings is 1. The summed E-state index contributed by atoms with van der Waals surface area (Å²) in [6.07, 6.45) is 1.02. The number of phenols is 1. The molecule has 3 aliphatic heterocycles. The van der Waals surface area contributed by atoms with Crippen LogP contribution < -0.4 is 26.6 Å². The Bertz CT molecular complexity index is 2000. The third-order valence-electron chi connectivity index (χ3n) is 9.85. The highest BCUT2D eigenvalue weighted by Gasteiger charge is 2.46. The Morgan fingerprint density at radius 1 is 0.846 bits per heavy atom. The molecule has 0 bridgehead atoms. The number of nitrogen functional groups attached to an aromatic ring is 1. The van der Waals surface area contributed by atoms with Crippen LogP contribution in [0.15, 0.2) is 72.8 Å². The molecule has 14 nitrogen and oxygen atoms in total. The number of amides is 4. The van der Waals surface area contributed by atoms with Crippen molar-refractivity contribution in [1.29, 1.82) is 0 Å². The molecule has 3 aromatic carbocycles. The zero-order valence-electron chi connectivity index (χ0n) is 28.7. The molecule has 6 N–H and O–H groups in total. The monoisotopic (exact) mass is 703 g/mol. The number of fused-ring (bicyclic) bond motifs is 1. The van der Waals surface area contributed by atoms with Crippen LogP contribution in [0.5, 0.6) is 5.75 Å².